The summed E-state index contributed by atoms with van der Waals surface area (Å²) in [6.45, 7) is 6.42. The van der Waals surface area contributed by atoms with Crippen LogP contribution in [0.25, 0.3) is 11.0 Å². The molecule has 1 aromatic carbocycles. The van der Waals surface area contributed by atoms with E-state index in [-0.39, 0.29) is 0 Å². The Morgan fingerprint density at radius 1 is 1.46 bits per heavy atom. The van der Waals surface area contributed by atoms with Crippen LogP contribution in [0, 0.1) is 5.92 Å². The zero-order chi connectivity index (χ0) is 16.8. The number of aliphatic imine (C=N–C) groups is 1. The van der Waals surface area contributed by atoms with Crippen LogP contribution in [0.2, 0.25) is 0 Å². The van der Waals surface area contributed by atoms with Crippen LogP contribution in [0.1, 0.15) is 19.2 Å². The highest BCUT2D eigenvalue weighted by atomic mass is 16.5. The number of ether oxygens (including phenoxy) is 1. The Bertz CT molecular complexity index is 642. The standard InChI is InChI=1S/C18H27N5O/c1-3-19-18(23(2)12-14-9-11-24-13-14)20-10-8-17-21-15-6-4-5-7-16(15)22-17/h4-7,14H,3,8-13H2,1-2H3,(H,19,20)(H,21,22). The molecule has 6 heteroatoms. The molecule has 0 radical (unpaired) electrons. The summed E-state index contributed by atoms with van der Waals surface area (Å²) in [5.74, 6) is 2.55. The molecule has 1 fully saturated rings. The predicted octanol–water partition coefficient (Wildman–Crippen LogP) is 2.04. The smallest absolute Gasteiger partial charge is 0.193 e. The van der Waals surface area contributed by atoms with E-state index in [4.69, 9.17) is 9.73 Å². The highest BCUT2D eigenvalue weighted by Gasteiger charge is 2.19. The van der Waals surface area contributed by atoms with Gasteiger partial charge in [-0.25, -0.2) is 4.98 Å². The molecule has 2 heterocycles. The second-order valence-electron chi connectivity index (χ2n) is 6.30. The van der Waals surface area contributed by atoms with Crippen LogP contribution in [0.3, 0.4) is 0 Å². The van der Waals surface area contributed by atoms with E-state index in [1.54, 1.807) is 0 Å². The number of hydrogen-bond acceptors (Lipinski definition) is 3. The summed E-state index contributed by atoms with van der Waals surface area (Å²) in [6.07, 6.45) is 1.95. The van der Waals surface area contributed by atoms with Gasteiger partial charge in [0.2, 0.25) is 0 Å². The molecule has 1 unspecified atom stereocenters. The number of aromatic amines is 1. The van der Waals surface area contributed by atoms with Crippen molar-refractivity contribution in [1.29, 1.82) is 0 Å². The van der Waals surface area contributed by atoms with Gasteiger partial charge in [0, 0.05) is 45.6 Å². The third kappa shape index (κ3) is 4.26. The summed E-state index contributed by atoms with van der Waals surface area (Å²) < 4.78 is 5.47. The molecule has 130 valence electrons. The van der Waals surface area contributed by atoms with E-state index >= 15 is 0 Å². The van der Waals surface area contributed by atoms with Gasteiger partial charge in [-0.15, -0.1) is 0 Å². The molecule has 1 aliphatic heterocycles. The molecule has 0 bridgehead atoms. The third-order valence-electron chi connectivity index (χ3n) is 4.30. The van der Waals surface area contributed by atoms with Crippen LogP contribution in [0.15, 0.2) is 29.3 Å². The molecule has 0 amide bonds. The molecule has 2 aromatic rings. The van der Waals surface area contributed by atoms with Crippen molar-refractivity contribution in [3.8, 4) is 0 Å². The number of nitrogens with one attached hydrogen (secondary N) is 2. The van der Waals surface area contributed by atoms with Crippen LogP contribution in [-0.4, -0.2) is 60.7 Å². The first-order valence-electron chi connectivity index (χ1n) is 8.77. The number of guanidine groups is 1. The summed E-state index contributed by atoms with van der Waals surface area (Å²) in [4.78, 5) is 14.9. The fraction of sp³-hybridized carbons (Fsp3) is 0.556. The van der Waals surface area contributed by atoms with Crippen LogP contribution >= 0.6 is 0 Å². The molecule has 2 N–H and O–H groups in total. The fourth-order valence-electron chi connectivity index (χ4n) is 3.06. The molecule has 1 atom stereocenters. The molecule has 0 saturated carbocycles. The van der Waals surface area contributed by atoms with Gasteiger partial charge in [0.15, 0.2) is 5.96 Å². The van der Waals surface area contributed by atoms with Crippen molar-refractivity contribution in [3.05, 3.63) is 30.1 Å². The minimum Gasteiger partial charge on any atom is -0.381 e. The van der Waals surface area contributed by atoms with Crippen LogP contribution in [0.5, 0.6) is 0 Å². The summed E-state index contributed by atoms with van der Waals surface area (Å²) in [5.41, 5.74) is 2.10. The number of para-hydroxylation sites is 2. The third-order valence-corrected chi connectivity index (χ3v) is 4.30. The van der Waals surface area contributed by atoms with Gasteiger partial charge in [-0.05, 0) is 25.5 Å². The molecule has 1 saturated heterocycles. The van der Waals surface area contributed by atoms with Gasteiger partial charge in [0.1, 0.15) is 5.82 Å². The van der Waals surface area contributed by atoms with Crippen molar-refractivity contribution in [3.63, 3.8) is 0 Å². The number of aromatic nitrogens is 2. The van der Waals surface area contributed by atoms with Crippen molar-refractivity contribution in [2.45, 2.75) is 19.8 Å². The molecule has 0 aliphatic carbocycles. The van der Waals surface area contributed by atoms with E-state index in [0.717, 1.165) is 62.0 Å². The van der Waals surface area contributed by atoms with Crippen LogP contribution in [-0.2, 0) is 11.2 Å². The number of hydrogen-bond donors (Lipinski definition) is 2. The number of H-pyrrole nitrogens is 1. The van der Waals surface area contributed by atoms with E-state index in [9.17, 15) is 0 Å². The van der Waals surface area contributed by atoms with Gasteiger partial charge in [-0.1, -0.05) is 12.1 Å². The van der Waals surface area contributed by atoms with Gasteiger partial charge in [-0.2, -0.15) is 0 Å². The number of fused-ring (bicyclic) bond motifs is 1. The van der Waals surface area contributed by atoms with Crippen molar-refractivity contribution in [2.24, 2.45) is 10.9 Å². The maximum Gasteiger partial charge on any atom is 0.193 e. The molecule has 3 rings (SSSR count). The predicted molar refractivity (Wildman–Crippen MR) is 97.3 cm³/mol. The van der Waals surface area contributed by atoms with Crippen molar-refractivity contribution >= 4 is 17.0 Å². The Morgan fingerprint density at radius 2 is 2.33 bits per heavy atom. The minimum atomic E-state index is 0.606. The normalized spacial score (nSPS) is 18.2. The topological polar surface area (TPSA) is 65.5 Å². The van der Waals surface area contributed by atoms with Crippen molar-refractivity contribution in [2.75, 3.05) is 39.9 Å². The second-order valence-corrected chi connectivity index (χ2v) is 6.30. The minimum absolute atomic E-state index is 0.606. The summed E-state index contributed by atoms with van der Waals surface area (Å²) >= 11 is 0. The van der Waals surface area contributed by atoms with Gasteiger partial charge in [-0.3, -0.25) is 4.99 Å². The Balaban J connectivity index is 1.58. The lowest BCUT2D eigenvalue weighted by atomic mass is 10.1. The molecular weight excluding hydrogens is 302 g/mol. The lowest BCUT2D eigenvalue weighted by Gasteiger charge is -2.24. The quantitative estimate of drug-likeness (QED) is 0.629. The number of imidazole rings is 1. The second kappa shape index (κ2) is 8.15. The average molecular weight is 329 g/mol. The van der Waals surface area contributed by atoms with Gasteiger partial charge < -0.3 is 19.9 Å². The molecule has 24 heavy (non-hydrogen) atoms. The summed E-state index contributed by atoms with van der Waals surface area (Å²) in [5, 5.41) is 3.37. The lowest BCUT2D eigenvalue weighted by Crippen LogP contribution is -2.41. The molecule has 1 aliphatic rings. The van der Waals surface area contributed by atoms with E-state index < -0.39 is 0 Å². The number of benzene rings is 1. The molecule has 0 spiro atoms. The maximum atomic E-state index is 5.47. The van der Waals surface area contributed by atoms with E-state index in [1.165, 1.54) is 0 Å². The number of rotatable bonds is 6. The maximum absolute atomic E-state index is 5.47. The Morgan fingerprint density at radius 3 is 3.08 bits per heavy atom. The SMILES string of the molecule is CCNC(=NCCc1nc2ccccc2[nH]1)N(C)CC1CCOC1. The Hall–Kier alpha value is -2.08. The van der Waals surface area contributed by atoms with Crippen LogP contribution < -0.4 is 5.32 Å². The van der Waals surface area contributed by atoms with Crippen molar-refractivity contribution in [1.82, 2.24) is 20.2 Å². The van der Waals surface area contributed by atoms with Crippen LogP contribution in [0.4, 0.5) is 0 Å². The summed E-state index contributed by atoms with van der Waals surface area (Å²) in [7, 11) is 2.10. The first kappa shape index (κ1) is 16.8. The largest absolute Gasteiger partial charge is 0.381 e. The Labute approximate surface area is 143 Å². The zero-order valence-electron chi connectivity index (χ0n) is 14.6. The monoisotopic (exact) mass is 329 g/mol. The molecule has 6 nitrogen and oxygen atoms in total. The van der Waals surface area contributed by atoms with E-state index in [2.05, 4.69) is 40.2 Å². The lowest BCUT2D eigenvalue weighted by molar-refractivity contribution is 0.181. The first-order valence-corrected chi connectivity index (χ1v) is 8.77. The van der Waals surface area contributed by atoms with E-state index in [1.807, 2.05) is 18.2 Å². The van der Waals surface area contributed by atoms with Gasteiger partial charge in [0.25, 0.3) is 0 Å². The zero-order valence-corrected chi connectivity index (χ0v) is 14.6. The Kier molecular flexibility index (Phi) is 5.69. The van der Waals surface area contributed by atoms with Gasteiger partial charge >= 0.3 is 0 Å². The highest BCUT2D eigenvalue weighted by molar-refractivity contribution is 5.79. The number of nitrogens with zero attached hydrogens (tertiary/aromatic N) is 3. The average Bonchev–Trinajstić information content (AvgIpc) is 3.22. The fourth-order valence-corrected chi connectivity index (χ4v) is 3.06. The van der Waals surface area contributed by atoms with Gasteiger partial charge in [0.05, 0.1) is 17.6 Å². The molecular formula is C18H27N5O. The molecule has 1 aromatic heterocycles. The van der Waals surface area contributed by atoms with Crippen molar-refractivity contribution < 1.29 is 4.74 Å². The van der Waals surface area contributed by atoms with E-state index in [0.29, 0.717) is 12.5 Å². The summed E-state index contributed by atoms with van der Waals surface area (Å²) in [6, 6.07) is 8.11. The first-order chi connectivity index (χ1) is 11.8. The highest BCUT2D eigenvalue weighted by Crippen LogP contribution is 2.13.